The van der Waals surface area contributed by atoms with E-state index < -0.39 is 0 Å². The van der Waals surface area contributed by atoms with E-state index in [4.69, 9.17) is 5.73 Å². The van der Waals surface area contributed by atoms with E-state index in [0.29, 0.717) is 0 Å². The molecular formula is C17H23N3. The van der Waals surface area contributed by atoms with Gasteiger partial charge < -0.3 is 10.6 Å². The van der Waals surface area contributed by atoms with Crippen molar-refractivity contribution in [3.8, 4) is 0 Å². The van der Waals surface area contributed by atoms with Crippen LogP contribution in [-0.2, 0) is 6.42 Å². The van der Waals surface area contributed by atoms with Crippen LogP contribution in [-0.4, -0.2) is 17.6 Å². The van der Waals surface area contributed by atoms with Crippen molar-refractivity contribution in [3.63, 3.8) is 0 Å². The first kappa shape index (κ1) is 14.5. The molecule has 1 atom stereocenters. The monoisotopic (exact) mass is 269 g/mol. The third kappa shape index (κ3) is 3.58. The summed E-state index contributed by atoms with van der Waals surface area (Å²) in [5.41, 5.74) is 8.35. The third-order valence-electron chi connectivity index (χ3n) is 3.49. The lowest BCUT2D eigenvalue weighted by Crippen LogP contribution is -2.22. The van der Waals surface area contributed by atoms with Gasteiger partial charge in [0.25, 0.3) is 0 Å². The second-order valence-electron chi connectivity index (χ2n) is 4.98. The van der Waals surface area contributed by atoms with Crippen LogP contribution in [0.25, 0.3) is 0 Å². The number of hydrogen-bond acceptors (Lipinski definition) is 3. The van der Waals surface area contributed by atoms with Crippen molar-refractivity contribution >= 4 is 11.5 Å². The molecule has 2 rings (SSSR count). The predicted octanol–water partition coefficient (Wildman–Crippen LogP) is 3.52. The number of anilines is 2. The molecule has 1 unspecified atom stereocenters. The largest absolute Gasteiger partial charge is 0.327 e. The number of rotatable bonds is 6. The van der Waals surface area contributed by atoms with Crippen LogP contribution in [0.3, 0.4) is 0 Å². The van der Waals surface area contributed by atoms with Crippen molar-refractivity contribution in [1.82, 2.24) is 4.98 Å². The Morgan fingerprint density at radius 3 is 2.40 bits per heavy atom. The molecule has 106 valence electrons. The van der Waals surface area contributed by atoms with Gasteiger partial charge in [-0.15, -0.1) is 0 Å². The Hall–Kier alpha value is -1.87. The summed E-state index contributed by atoms with van der Waals surface area (Å²) < 4.78 is 0. The first-order chi connectivity index (χ1) is 9.74. The summed E-state index contributed by atoms with van der Waals surface area (Å²) in [5, 5.41) is 0. The van der Waals surface area contributed by atoms with E-state index in [0.717, 1.165) is 25.2 Å². The minimum Gasteiger partial charge on any atom is -0.327 e. The molecule has 0 fully saturated rings. The fourth-order valence-corrected chi connectivity index (χ4v) is 2.23. The zero-order valence-electron chi connectivity index (χ0n) is 12.3. The maximum absolute atomic E-state index is 5.98. The number of benzene rings is 1. The summed E-state index contributed by atoms with van der Waals surface area (Å²) in [4.78, 5) is 6.78. The van der Waals surface area contributed by atoms with E-state index in [1.165, 1.54) is 11.3 Å². The van der Waals surface area contributed by atoms with Crippen molar-refractivity contribution < 1.29 is 0 Å². The molecule has 0 aliphatic rings. The van der Waals surface area contributed by atoms with Crippen LogP contribution in [0, 0.1) is 0 Å². The highest BCUT2D eigenvalue weighted by Crippen LogP contribution is 2.22. The Morgan fingerprint density at radius 2 is 1.85 bits per heavy atom. The van der Waals surface area contributed by atoms with Crippen molar-refractivity contribution in [1.29, 1.82) is 0 Å². The smallest absolute Gasteiger partial charge is 0.132 e. The molecule has 0 spiro atoms. The van der Waals surface area contributed by atoms with Crippen molar-refractivity contribution in [2.75, 3.05) is 11.4 Å². The lowest BCUT2D eigenvalue weighted by atomic mass is 10.1. The van der Waals surface area contributed by atoms with E-state index in [1.54, 1.807) is 0 Å². The molecule has 20 heavy (non-hydrogen) atoms. The summed E-state index contributed by atoms with van der Waals surface area (Å²) in [7, 11) is 0. The van der Waals surface area contributed by atoms with Crippen molar-refractivity contribution in [2.45, 2.75) is 32.7 Å². The van der Waals surface area contributed by atoms with Gasteiger partial charge in [-0.3, -0.25) is 0 Å². The molecule has 1 heterocycles. The van der Waals surface area contributed by atoms with Gasteiger partial charge in [0.15, 0.2) is 0 Å². The molecule has 3 nitrogen and oxygen atoms in total. The van der Waals surface area contributed by atoms with E-state index in [-0.39, 0.29) is 6.04 Å². The molecule has 1 aromatic carbocycles. The molecule has 2 aromatic rings. The Morgan fingerprint density at radius 1 is 1.10 bits per heavy atom. The first-order valence-corrected chi connectivity index (χ1v) is 7.27. The highest BCUT2D eigenvalue weighted by atomic mass is 15.2. The number of nitrogens with two attached hydrogens (primary N) is 1. The van der Waals surface area contributed by atoms with Crippen LogP contribution in [0.4, 0.5) is 11.5 Å². The maximum atomic E-state index is 5.98. The quantitative estimate of drug-likeness (QED) is 0.872. The van der Waals surface area contributed by atoms with Gasteiger partial charge in [-0.2, -0.15) is 0 Å². The van der Waals surface area contributed by atoms with Crippen LogP contribution in [0.1, 0.15) is 25.8 Å². The van der Waals surface area contributed by atoms with Crippen molar-refractivity contribution in [2.24, 2.45) is 5.73 Å². The lowest BCUT2D eigenvalue weighted by Gasteiger charge is -2.22. The number of hydrogen-bond donors (Lipinski definition) is 1. The van der Waals surface area contributed by atoms with Crippen LogP contribution >= 0.6 is 0 Å². The zero-order chi connectivity index (χ0) is 14.4. The standard InChI is InChI=1S/C17H23N3/c1-3-15(18)12-14-10-11-17(19-13-14)20(4-2)16-8-6-5-7-9-16/h5-11,13,15H,3-4,12,18H2,1-2H3. The van der Waals surface area contributed by atoms with Gasteiger partial charge in [0.2, 0.25) is 0 Å². The maximum Gasteiger partial charge on any atom is 0.132 e. The third-order valence-corrected chi connectivity index (χ3v) is 3.49. The predicted molar refractivity (Wildman–Crippen MR) is 85.3 cm³/mol. The number of para-hydroxylation sites is 1. The average molecular weight is 269 g/mol. The molecule has 0 amide bonds. The molecule has 2 N–H and O–H groups in total. The van der Waals surface area contributed by atoms with Gasteiger partial charge in [-0.05, 0) is 43.5 Å². The normalized spacial score (nSPS) is 12.2. The minimum absolute atomic E-state index is 0.221. The van der Waals surface area contributed by atoms with Gasteiger partial charge in [-0.1, -0.05) is 31.2 Å². The molecule has 0 aliphatic carbocycles. The molecule has 0 saturated carbocycles. The molecule has 0 radical (unpaired) electrons. The summed E-state index contributed by atoms with van der Waals surface area (Å²) in [6, 6.07) is 14.8. The van der Waals surface area contributed by atoms with E-state index >= 15 is 0 Å². The Kier molecular flexibility index (Phi) is 5.13. The highest BCUT2D eigenvalue weighted by Gasteiger charge is 2.08. The second-order valence-corrected chi connectivity index (χ2v) is 4.98. The summed E-state index contributed by atoms with van der Waals surface area (Å²) in [6.07, 6.45) is 3.82. The van der Waals surface area contributed by atoms with Crippen LogP contribution in [0.15, 0.2) is 48.7 Å². The number of nitrogens with zero attached hydrogens (tertiary/aromatic N) is 2. The fraction of sp³-hybridized carbons (Fsp3) is 0.353. The van der Waals surface area contributed by atoms with Crippen LogP contribution < -0.4 is 10.6 Å². The van der Waals surface area contributed by atoms with E-state index in [1.807, 2.05) is 24.4 Å². The van der Waals surface area contributed by atoms with Gasteiger partial charge in [0.1, 0.15) is 5.82 Å². The molecular weight excluding hydrogens is 246 g/mol. The SMILES string of the molecule is CCC(N)Cc1ccc(N(CC)c2ccccc2)nc1. The lowest BCUT2D eigenvalue weighted by molar-refractivity contribution is 0.645. The Balaban J connectivity index is 2.15. The van der Waals surface area contributed by atoms with Gasteiger partial charge >= 0.3 is 0 Å². The summed E-state index contributed by atoms with van der Waals surface area (Å²) >= 11 is 0. The van der Waals surface area contributed by atoms with Crippen molar-refractivity contribution in [3.05, 3.63) is 54.2 Å². The van der Waals surface area contributed by atoms with Gasteiger partial charge in [0, 0.05) is 24.5 Å². The molecule has 0 saturated heterocycles. The molecule has 3 heteroatoms. The fourth-order valence-electron chi connectivity index (χ4n) is 2.23. The summed E-state index contributed by atoms with van der Waals surface area (Å²) in [5.74, 6) is 0.979. The van der Waals surface area contributed by atoms with E-state index in [2.05, 4.69) is 48.0 Å². The zero-order valence-corrected chi connectivity index (χ0v) is 12.3. The molecule has 1 aromatic heterocycles. The van der Waals surface area contributed by atoms with Gasteiger partial charge in [-0.25, -0.2) is 4.98 Å². The minimum atomic E-state index is 0.221. The average Bonchev–Trinajstić information content (AvgIpc) is 2.50. The first-order valence-electron chi connectivity index (χ1n) is 7.27. The van der Waals surface area contributed by atoms with E-state index in [9.17, 15) is 0 Å². The molecule has 0 bridgehead atoms. The Bertz CT molecular complexity index is 508. The number of aromatic nitrogens is 1. The highest BCUT2D eigenvalue weighted by molar-refractivity contribution is 5.59. The second kappa shape index (κ2) is 7.06. The summed E-state index contributed by atoms with van der Waals surface area (Å²) in [6.45, 7) is 5.14. The topological polar surface area (TPSA) is 42.1 Å². The Labute approximate surface area is 121 Å². The van der Waals surface area contributed by atoms with Crippen LogP contribution in [0.2, 0.25) is 0 Å². The van der Waals surface area contributed by atoms with Crippen LogP contribution in [0.5, 0.6) is 0 Å². The van der Waals surface area contributed by atoms with Gasteiger partial charge in [0.05, 0.1) is 0 Å². The number of pyridine rings is 1. The molecule has 0 aliphatic heterocycles.